The van der Waals surface area contributed by atoms with Crippen molar-refractivity contribution >= 4 is 34.4 Å². The van der Waals surface area contributed by atoms with E-state index in [1.165, 1.54) is 19.3 Å². The number of hydrogen-bond donors (Lipinski definition) is 2. The van der Waals surface area contributed by atoms with Gasteiger partial charge >= 0.3 is 0 Å². The molecule has 134 valence electrons. The highest BCUT2D eigenvalue weighted by Gasteiger charge is 2.21. The summed E-state index contributed by atoms with van der Waals surface area (Å²) >= 11 is 8.67. The zero-order valence-corrected chi connectivity index (χ0v) is 16.4. The van der Waals surface area contributed by atoms with Crippen LogP contribution in [0.3, 0.4) is 0 Å². The van der Waals surface area contributed by atoms with Gasteiger partial charge in [0.1, 0.15) is 0 Å². The molecule has 8 heteroatoms. The third kappa shape index (κ3) is 4.12. The lowest BCUT2D eigenvalue weighted by Crippen LogP contribution is -2.10. The molecule has 1 heterocycles. The zero-order valence-electron chi connectivity index (χ0n) is 14.0. The quantitative estimate of drug-likeness (QED) is 0.536. The van der Waals surface area contributed by atoms with Gasteiger partial charge in [-0.2, -0.15) is 14.9 Å². The molecule has 25 heavy (non-hydrogen) atoms. The number of aromatic hydroxyl groups is 1. The van der Waals surface area contributed by atoms with Crippen molar-refractivity contribution in [1.82, 2.24) is 14.9 Å². The minimum absolute atomic E-state index is 0.0850. The summed E-state index contributed by atoms with van der Waals surface area (Å²) in [6.45, 7) is 2.34. The topological polar surface area (TPSA) is 75.4 Å². The largest absolute Gasteiger partial charge is 0.503 e. The minimum atomic E-state index is 0.0850. The van der Waals surface area contributed by atoms with Crippen molar-refractivity contribution in [2.45, 2.75) is 44.9 Å². The first-order valence-electron chi connectivity index (χ1n) is 8.47. The number of phenolic OH excluding ortho intramolecular Hbond substituents is 1. The fraction of sp³-hybridized carbons (Fsp3) is 0.471. The maximum absolute atomic E-state index is 10.0. The number of halogens is 1. The van der Waals surface area contributed by atoms with Crippen LogP contribution >= 0.6 is 28.1 Å². The Balaban J connectivity index is 1.90. The summed E-state index contributed by atoms with van der Waals surface area (Å²) in [7, 11) is 0. The number of nitrogens with one attached hydrogen (secondary N) is 1. The monoisotopic (exact) mass is 424 g/mol. The van der Waals surface area contributed by atoms with E-state index in [2.05, 4.69) is 31.2 Å². The molecule has 1 saturated carbocycles. The van der Waals surface area contributed by atoms with Crippen LogP contribution < -0.4 is 4.74 Å². The lowest BCUT2D eigenvalue weighted by Gasteiger charge is -2.19. The molecule has 0 radical (unpaired) electrons. The average Bonchev–Trinajstić information content (AvgIpc) is 2.99. The molecule has 1 aromatic carbocycles. The zero-order chi connectivity index (χ0) is 17.8. The molecule has 1 fully saturated rings. The molecule has 1 aliphatic rings. The highest BCUT2D eigenvalue weighted by atomic mass is 79.9. The van der Waals surface area contributed by atoms with Crippen LogP contribution in [-0.2, 0) is 0 Å². The van der Waals surface area contributed by atoms with Crippen LogP contribution in [0.5, 0.6) is 11.5 Å². The predicted octanol–water partition coefficient (Wildman–Crippen LogP) is 4.74. The van der Waals surface area contributed by atoms with Gasteiger partial charge in [0, 0.05) is 5.92 Å². The van der Waals surface area contributed by atoms with Crippen molar-refractivity contribution in [1.29, 1.82) is 0 Å². The Morgan fingerprint density at radius 1 is 1.44 bits per heavy atom. The van der Waals surface area contributed by atoms with Crippen LogP contribution in [0.4, 0.5) is 0 Å². The number of phenols is 1. The molecule has 3 rings (SSSR count). The van der Waals surface area contributed by atoms with Gasteiger partial charge < -0.3 is 9.84 Å². The third-order valence-corrected chi connectivity index (χ3v) is 5.19. The first-order chi connectivity index (χ1) is 12.1. The Morgan fingerprint density at radius 2 is 2.20 bits per heavy atom. The second kappa shape index (κ2) is 8.14. The number of nitrogens with zero attached hydrogens (tertiary/aromatic N) is 3. The van der Waals surface area contributed by atoms with Crippen LogP contribution in [0.1, 0.15) is 56.3 Å². The van der Waals surface area contributed by atoms with Gasteiger partial charge in [0.15, 0.2) is 17.3 Å². The smallest absolute Gasteiger partial charge is 0.216 e. The number of ether oxygens (including phenoxy) is 1. The summed E-state index contributed by atoms with van der Waals surface area (Å²) in [5.41, 5.74) is 0.797. The molecule has 2 aromatic rings. The summed E-state index contributed by atoms with van der Waals surface area (Å²) in [6.07, 6.45) is 7.66. The van der Waals surface area contributed by atoms with Crippen molar-refractivity contribution in [3.63, 3.8) is 0 Å². The number of aromatic amines is 1. The molecular formula is C17H21BrN4O2S. The molecule has 0 saturated heterocycles. The van der Waals surface area contributed by atoms with E-state index >= 15 is 0 Å². The molecular weight excluding hydrogens is 404 g/mol. The standard InChI is InChI=1S/C17H21BrN4O2S/c1-2-24-14-9-11(8-13(18)15(14)23)10-19-22-16(20-21-17(22)25)12-6-4-3-5-7-12/h8-10,12,23H,2-7H2,1H3,(H,21,25)/b19-10-. The summed E-state index contributed by atoms with van der Waals surface area (Å²) in [6, 6.07) is 3.53. The summed E-state index contributed by atoms with van der Waals surface area (Å²) < 4.78 is 8.20. The van der Waals surface area contributed by atoms with E-state index in [1.54, 1.807) is 23.0 Å². The predicted molar refractivity (Wildman–Crippen MR) is 103 cm³/mol. The molecule has 0 spiro atoms. The van der Waals surface area contributed by atoms with E-state index in [0.717, 1.165) is 24.2 Å². The van der Waals surface area contributed by atoms with Crippen molar-refractivity contribution < 1.29 is 9.84 Å². The number of hydrogen-bond acceptors (Lipinski definition) is 5. The maximum atomic E-state index is 10.0. The number of H-pyrrole nitrogens is 1. The van der Waals surface area contributed by atoms with Crippen molar-refractivity contribution in [3.8, 4) is 11.5 Å². The second-order valence-corrected chi connectivity index (χ2v) is 7.30. The fourth-order valence-electron chi connectivity index (χ4n) is 3.10. The first kappa shape index (κ1) is 18.1. The van der Waals surface area contributed by atoms with E-state index in [-0.39, 0.29) is 5.75 Å². The van der Waals surface area contributed by atoms with Crippen molar-refractivity contribution in [2.24, 2.45) is 5.10 Å². The van der Waals surface area contributed by atoms with Gasteiger partial charge in [0.2, 0.25) is 4.77 Å². The molecule has 0 amide bonds. The van der Waals surface area contributed by atoms with Crippen LogP contribution in [-0.4, -0.2) is 32.8 Å². The van der Waals surface area contributed by atoms with Crippen LogP contribution in [0.25, 0.3) is 0 Å². The van der Waals surface area contributed by atoms with Gasteiger partial charge in [-0.05, 0) is 65.6 Å². The average molecular weight is 425 g/mol. The molecule has 1 aliphatic carbocycles. The normalized spacial score (nSPS) is 15.8. The third-order valence-electron chi connectivity index (χ3n) is 4.32. The van der Waals surface area contributed by atoms with Crippen LogP contribution in [0.15, 0.2) is 21.7 Å². The van der Waals surface area contributed by atoms with Gasteiger partial charge in [-0.25, -0.2) is 0 Å². The fourth-order valence-corrected chi connectivity index (χ4v) is 3.74. The van der Waals surface area contributed by atoms with E-state index in [4.69, 9.17) is 17.0 Å². The highest BCUT2D eigenvalue weighted by molar-refractivity contribution is 9.10. The Kier molecular flexibility index (Phi) is 5.90. The van der Waals surface area contributed by atoms with E-state index in [1.807, 2.05) is 6.92 Å². The molecule has 6 nitrogen and oxygen atoms in total. The number of aromatic nitrogens is 3. The van der Waals surface area contributed by atoms with E-state index in [9.17, 15) is 5.11 Å². The number of rotatable bonds is 5. The van der Waals surface area contributed by atoms with Gasteiger partial charge in [0.05, 0.1) is 17.3 Å². The summed E-state index contributed by atoms with van der Waals surface area (Å²) in [5.74, 6) is 1.79. The highest BCUT2D eigenvalue weighted by Crippen LogP contribution is 2.35. The van der Waals surface area contributed by atoms with Crippen molar-refractivity contribution in [3.05, 3.63) is 32.8 Å². The van der Waals surface area contributed by atoms with Gasteiger partial charge in [-0.15, -0.1) is 0 Å². The van der Waals surface area contributed by atoms with Gasteiger partial charge in [-0.3, -0.25) is 5.10 Å². The van der Waals surface area contributed by atoms with Crippen LogP contribution in [0, 0.1) is 4.77 Å². The lowest BCUT2D eigenvalue weighted by molar-refractivity contribution is 0.317. The molecule has 0 atom stereocenters. The summed E-state index contributed by atoms with van der Waals surface area (Å²) in [5, 5.41) is 21.8. The van der Waals surface area contributed by atoms with Gasteiger partial charge in [-0.1, -0.05) is 19.3 Å². The lowest BCUT2D eigenvalue weighted by atomic mass is 9.89. The Morgan fingerprint density at radius 3 is 2.92 bits per heavy atom. The molecule has 2 N–H and O–H groups in total. The Hall–Kier alpha value is -1.67. The first-order valence-corrected chi connectivity index (χ1v) is 9.67. The van der Waals surface area contributed by atoms with Crippen LogP contribution in [0.2, 0.25) is 0 Å². The number of benzene rings is 1. The van der Waals surface area contributed by atoms with Crippen molar-refractivity contribution in [2.75, 3.05) is 6.61 Å². The van der Waals surface area contributed by atoms with E-state index < -0.39 is 0 Å². The molecule has 0 unspecified atom stereocenters. The Labute approximate surface area is 160 Å². The molecule has 0 aliphatic heterocycles. The summed E-state index contributed by atoms with van der Waals surface area (Å²) in [4.78, 5) is 0. The second-order valence-electron chi connectivity index (χ2n) is 6.06. The SMILES string of the molecule is CCOc1cc(/C=N\n2c(C3CCCCC3)n[nH]c2=S)cc(Br)c1O. The minimum Gasteiger partial charge on any atom is -0.503 e. The van der Waals surface area contributed by atoms with E-state index in [0.29, 0.717) is 27.5 Å². The maximum Gasteiger partial charge on any atom is 0.216 e. The molecule has 1 aromatic heterocycles. The van der Waals surface area contributed by atoms with Gasteiger partial charge in [0.25, 0.3) is 0 Å². The Bertz CT molecular complexity index is 825. The molecule has 0 bridgehead atoms.